The van der Waals surface area contributed by atoms with Crippen molar-refractivity contribution in [2.24, 2.45) is 0 Å². The van der Waals surface area contributed by atoms with Gasteiger partial charge in [0.25, 0.3) is 0 Å². The summed E-state index contributed by atoms with van der Waals surface area (Å²) in [6, 6.07) is -0.688. The second-order valence-corrected chi connectivity index (χ2v) is 5.51. The van der Waals surface area contributed by atoms with E-state index in [1.54, 1.807) is 13.8 Å². The first-order valence-corrected chi connectivity index (χ1v) is 5.59. The maximum atomic E-state index is 11.3. The van der Waals surface area contributed by atoms with Gasteiger partial charge in [-0.1, -0.05) is 0 Å². The molecular weight excluding hydrogens is 194 g/mol. The zero-order chi connectivity index (χ0) is 10.1. The van der Waals surface area contributed by atoms with Crippen molar-refractivity contribution < 1.29 is 17.9 Å². The van der Waals surface area contributed by atoms with E-state index in [9.17, 15) is 13.2 Å². The summed E-state index contributed by atoms with van der Waals surface area (Å²) in [7, 11) is -3.37. The van der Waals surface area contributed by atoms with Crippen LogP contribution in [0.1, 0.15) is 13.8 Å². The van der Waals surface area contributed by atoms with Crippen LogP contribution in [-0.2, 0) is 19.6 Å². The quantitative estimate of drug-likeness (QED) is 0.663. The minimum Gasteiger partial charge on any atom is -0.371 e. The van der Waals surface area contributed by atoms with Crippen LogP contribution >= 0.6 is 0 Å². The van der Waals surface area contributed by atoms with Gasteiger partial charge < -0.3 is 4.74 Å². The highest BCUT2D eigenvalue weighted by Gasteiger charge is 2.30. The number of carbonyl (C=O) groups is 1. The highest BCUT2D eigenvalue weighted by molar-refractivity contribution is 7.90. The molecule has 1 aliphatic rings. The first kappa shape index (κ1) is 10.6. The topological polar surface area (TPSA) is 72.5 Å². The number of ether oxygens (including phenoxy) is 1. The van der Waals surface area contributed by atoms with Gasteiger partial charge in [-0.15, -0.1) is 0 Å². The molecule has 13 heavy (non-hydrogen) atoms. The van der Waals surface area contributed by atoms with Crippen LogP contribution < -0.4 is 4.72 Å². The molecule has 0 radical (unpaired) electrons. The van der Waals surface area contributed by atoms with E-state index in [1.807, 2.05) is 0 Å². The predicted octanol–water partition coefficient (Wildman–Crippen LogP) is -0.718. The third kappa shape index (κ3) is 2.49. The maximum absolute atomic E-state index is 11.3. The molecule has 1 aliphatic heterocycles. The summed E-state index contributed by atoms with van der Waals surface area (Å²) in [4.78, 5) is 11.0. The Kier molecular flexibility index (Phi) is 3.05. The third-order valence-corrected chi connectivity index (χ3v) is 3.70. The number of nitrogens with one attached hydrogen (secondary N) is 1. The lowest BCUT2D eigenvalue weighted by Crippen LogP contribution is -2.43. The van der Waals surface area contributed by atoms with E-state index < -0.39 is 21.3 Å². The number of rotatable bonds is 3. The molecule has 1 fully saturated rings. The molecule has 0 spiro atoms. The summed E-state index contributed by atoms with van der Waals surface area (Å²) in [5, 5.41) is -0.527. The molecule has 5 nitrogen and oxygen atoms in total. The van der Waals surface area contributed by atoms with Crippen LogP contribution in [-0.4, -0.2) is 38.7 Å². The largest absolute Gasteiger partial charge is 0.371 e. The zero-order valence-corrected chi connectivity index (χ0v) is 8.43. The van der Waals surface area contributed by atoms with Crippen LogP contribution in [0.4, 0.5) is 0 Å². The van der Waals surface area contributed by atoms with Gasteiger partial charge in [0.1, 0.15) is 12.6 Å². The first-order valence-electron chi connectivity index (χ1n) is 4.05. The van der Waals surface area contributed by atoms with Gasteiger partial charge in [0, 0.05) is 0 Å². The summed E-state index contributed by atoms with van der Waals surface area (Å²) in [5.41, 5.74) is 0. The molecular formula is C7H13NO4S. The fourth-order valence-corrected chi connectivity index (χ4v) is 1.77. The van der Waals surface area contributed by atoms with E-state index in [0.717, 1.165) is 0 Å². The SMILES string of the molecule is CC(C)S(=O)(=O)NC1COCC1=O. The van der Waals surface area contributed by atoms with Gasteiger partial charge in [0.05, 0.1) is 11.9 Å². The highest BCUT2D eigenvalue weighted by Crippen LogP contribution is 2.04. The number of hydrogen-bond donors (Lipinski definition) is 1. The van der Waals surface area contributed by atoms with Gasteiger partial charge >= 0.3 is 0 Å². The van der Waals surface area contributed by atoms with Crippen molar-refractivity contribution in [1.29, 1.82) is 0 Å². The van der Waals surface area contributed by atoms with E-state index in [2.05, 4.69) is 4.72 Å². The molecule has 1 unspecified atom stereocenters. The first-order chi connectivity index (χ1) is 5.93. The lowest BCUT2D eigenvalue weighted by atomic mass is 10.3. The van der Waals surface area contributed by atoms with E-state index in [-0.39, 0.29) is 19.0 Å². The van der Waals surface area contributed by atoms with Crippen LogP contribution in [0.3, 0.4) is 0 Å². The molecule has 0 saturated carbocycles. The average molecular weight is 207 g/mol. The molecule has 1 heterocycles. The Morgan fingerprint density at radius 2 is 2.15 bits per heavy atom. The Morgan fingerprint density at radius 1 is 1.54 bits per heavy atom. The molecule has 0 aromatic heterocycles. The van der Waals surface area contributed by atoms with E-state index >= 15 is 0 Å². The standard InChI is InChI=1S/C7H13NO4S/c1-5(2)13(10,11)8-6-3-12-4-7(6)9/h5-6,8H,3-4H2,1-2H3. The maximum Gasteiger partial charge on any atom is 0.214 e. The van der Waals surface area contributed by atoms with Crippen LogP contribution in [0, 0.1) is 0 Å². The van der Waals surface area contributed by atoms with Crippen LogP contribution in [0.2, 0.25) is 0 Å². The summed E-state index contributed by atoms with van der Waals surface area (Å²) < 4.78 is 29.7. The molecule has 0 aromatic carbocycles. The van der Waals surface area contributed by atoms with Crippen LogP contribution in [0.15, 0.2) is 0 Å². The van der Waals surface area contributed by atoms with Crippen molar-refractivity contribution in [3.63, 3.8) is 0 Å². The van der Waals surface area contributed by atoms with Gasteiger partial charge in [-0.25, -0.2) is 13.1 Å². The van der Waals surface area contributed by atoms with Gasteiger partial charge in [-0.2, -0.15) is 0 Å². The van der Waals surface area contributed by atoms with Crippen LogP contribution in [0.5, 0.6) is 0 Å². The highest BCUT2D eigenvalue weighted by atomic mass is 32.2. The molecule has 76 valence electrons. The number of carbonyl (C=O) groups excluding carboxylic acids is 1. The van der Waals surface area contributed by atoms with Crippen molar-refractivity contribution in [3.05, 3.63) is 0 Å². The van der Waals surface area contributed by atoms with Gasteiger partial charge in [-0.05, 0) is 13.8 Å². The summed E-state index contributed by atoms with van der Waals surface area (Å²) in [6.07, 6.45) is 0. The molecule has 6 heteroatoms. The van der Waals surface area contributed by atoms with E-state index in [1.165, 1.54) is 0 Å². The molecule has 0 aromatic rings. The van der Waals surface area contributed by atoms with Crippen molar-refractivity contribution in [3.8, 4) is 0 Å². The number of hydrogen-bond acceptors (Lipinski definition) is 4. The summed E-state index contributed by atoms with van der Waals surface area (Å²) in [5.74, 6) is -0.204. The molecule has 1 rings (SSSR count). The lowest BCUT2D eigenvalue weighted by Gasteiger charge is -2.12. The zero-order valence-electron chi connectivity index (χ0n) is 7.61. The summed E-state index contributed by atoms with van der Waals surface area (Å²) >= 11 is 0. The average Bonchev–Trinajstić information content (AvgIpc) is 2.35. The number of sulfonamides is 1. The Hall–Kier alpha value is -0.460. The molecule has 0 amide bonds. The monoisotopic (exact) mass is 207 g/mol. The van der Waals surface area contributed by atoms with Crippen molar-refractivity contribution in [1.82, 2.24) is 4.72 Å². The number of Topliss-reactive ketones (excluding diaryl/α,β-unsaturated/α-hetero) is 1. The van der Waals surface area contributed by atoms with E-state index in [0.29, 0.717) is 0 Å². The van der Waals surface area contributed by atoms with Crippen molar-refractivity contribution >= 4 is 15.8 Å². The van der Waals surface area contributed by atoms with E-state index in [4.69, 9.17) is 4.74 Å². The lowest BCUT2D eigenvalue weighted by molar-refractivity contribution is -0.119. The Bertz CT molecular complexity index is 296. The smallest absolute Gasteiger partial charge is 0.214 e. The minimum absolute atomic E-state index is 0.00524. The van der Waals surface area contributed by atoms with Gasteiger partial charge in [0.15, 0.2) is 5.78 Å². The van der Waals surface area contributed by atoms with Crippen molar-refractivity contribution in [2.45, 2.75) is 25.1 Å². The number of ketones is 1. The van der Waals surface area contributed by atoms with Crippen LogP contribution in [0.25, 0.3) is 0 Å². The molecule has 0 bridgehead atoms. The molecule has 1 atom stereocenters. The Morgan fingerprint density at radius 3 is 2.54 bits per heavy atom. The summed E-state index contributed by atoms with van der Waals surface area (Å²) in [6.45, 7) is 3.27. The van der Waals surface area contributed by atoms with Gasteiger partial charge in [-0.3, -0.25) is 4.79 Å². The Labute approximate surface area is 77.5 Å². The minimum atomic E-state index is -3.37. The second kappa shape index (κ2) is 3.73. The predicted molar refractivity (Wildman–Crippen MR) is 46.8 cm³/mol. The Balaban J connectivity index is 2.63. The molecule has 0 aliphatic carbocycles. The fraction of sp³-hybridized carbons (Fsp3) is 0.857. The fourth-order valence-electron chi connectivity index (χ4n) is 0.905. The molecule has 1 saturated heterocycles. The molecule has 1 N–H and O–H groups in total. The van der Waals surface area contributed by atoms with Gasteiger partial charge in [0.2, 0.25) is 10.0 Å². The normalized spacial score (nSPS) is 24.2. The second-order valence-electron chi connectivity index (χ2n) is 3.25. The third-order valence-electron chi connectivity index (χ3n) is 1.84. The van der Waals surface area contributed by atoms with Crippen molar-refractivity contribution in [2.75, 3.05) is 13.2 Å².